The fourth-order valence-corrected chi connectivity index (χ4v) is 2.22. The minimum atomic E-state index is -4.44. The average Bonchev–Trinajstić information content (AvgIpc) is 2.28. The molecule has 100 valence electrons. The second-order valence-corrected chi connectivity index (χ2v) is 5.07. The van der Waals surface area contributed by atoms with Crippen molar-refractivity contribution in [2.24, 2.45) is 0 Å². The normalized spacial score (nSPS) is 11.8. The molecule has 5 nitrogen and oxygen atoms in total. The molecule has 0 radical (unpaired) electrons. The van der Waals surface area contributed by atoms with Gasteiger partial charge in [0.15, 0.2) is 0 Å². The van der Waals surface area contributed by atoms with Crippen LogP contribution in [0.1, 0.15) is 25.3 Å². The van der Waals surface area contributed by atoms with E-state index in [2.05, 4.69) is 0 Å². The summed E-state index contributed by atoms with van der Waals surface area (Å²) in [7, 11) is -4.44. The van der Waals surface area contributed by atoms with Crippen LogP contribution in [0.25, 0.3) is 5.57 Å². The first-order valence-corrected chi connectivity index (χ1v) is 6.82. The van der Waals surface area contributed by atoms with Crippen molar-refractivity contribution in [3.8, 4) is 0 Å². The van der Waals surface area contributed by atoms with Crippen LogP contribution in [-0.4, -0.2) is 53.6 Å². The maximum atomic E-state index is 11.2. The summed E-state index contributed by atoms with van der Waals surface area (Å²) in [6.45, 7) is 1.88. The molecule has 0 fully saturated rings. The third-order valence-electron chi connectivity index (χ3n) is 2.32. The van der Waals surface area contributed by atoms with E-state index in [1.54, 1.807) is 0 Å². The van der Waals surface area contributed by atoms with Gasteiger partial charge in [-0.05, 0) is 12.5 Å². The Morgan fingerprint density at radius 2 is 1.89 bits per heavy atom. The van der Waals surface area contributed by atoms with Crippen LogP contribution in [0.3, 0.4) is 0 Å². The zero-order valence-corrected chi connectivity index (χ0v) is 10.6. The molecule has 0 aliphatic rings. The third-order valence-corrected chi connectivity index (χ3v) is 3.23. The summed E-state index contributed by atoms with van der Waals surface area (Å²) in [5.41, 5.74) is -0.119. The van der Waals surface area contributed by atoms with Gasteiger partial charge in [0.1, 0.15) is 4.90 Å². The Bertz CT molecular complexity index is 578. The van der Waals surface area contributed by atoms with Crippen molar-refractivity contribution < 1.29 is 22.9 Å². The Morgan fingerprint density at radius 1 is 1.32 bits per heavy atom. The van der Waals surface area contributed by atoms with Gasteiger partial charge in [-0.1, -0.05) is 37.6 Å². The zero-order valence-electron chi connectivity index (χ0n) is 9.83. The Hall–Kier alpha value is -0.660. The number of carboxylic acid groups (broad SMARTS) is 1. The van der Waals surface area contributed by atoms with E-state index >= 15 is 0 Å². The average molecular weight is 294 g/mol. The number of allylic oxidation sites excluding steroid dienone is 1. The quantitative estimate of drug-likeness (QED) is 0.488. The standard InChI is InChI=1S/C12H14O5S.Na.H/c1-2-3-6-10(12(13)14)9-7-4-5-8-11(9)18(15,16)17;;/h4-8H,2-3H2,1H3,(H,13,14)(H,15,16,17);;. The van der Waals surface area contributed by atoms with Gasteiger partial charge in [-0.25, -0.2) is 4.79 Å². The predicted octanol–water partition coefficient (Wildman–Crippen LogP) is 1.55. The topological polar surface area (TPSA) is 91.7 Å². The number of hydrogen-bond donors (Lipinski definition) is 2. The van der Waals surface area contributed by atoms with E-state index < -0.39 is 21.0 Å². The summed E-state index contributed by atoms with van der Waals surface area (Å²) in [5.74, 6) is -1.22. The summed E-state index contributed by atoms with van der Waals surface area (Å²) < 4.78 is 31.5. The van der Waals surface area contributed by atoms with Crippen LogP contribution in [0.5, 0.6) is 0 Å². The molecule has 7 heteroatoms. The summed E-state index contributed by atoms with van der Waals surface area (Å²) >= 11 is 0. The summed E-state index contributed by atoms with van der Waals surface area (Å²) in [6, 6.07) is 5.48. The molecule has 0 unspecified atom stereocenters. The molecule has 0 aromatic heterocycles. The minimum absolute atomic E-state index is 0. The molecule has 0 amide bonds. The molecular formula is C12H15NaO5S. The molecule has 1 rings (SSSR count). The monoisotopic (exact) mass is 294 g/mol. The SMILES string of the molecule is CCCC=C(C(=O)O)c1ccccc1S(=O)(=O)O.[NaH]. The summed E-state index contributed by atoms with van der Waals surface area (Å²) in [4.78, 5) is 10.7. The van der Waals surface area contributed by atoms with E-state index in [1.807, 2.05) is 6.92 Å². The Balaban J connectivity index is 0.00000324. The molecule has 1 aromatic rings. The van der Waals surface area contributed by atoms with Crippen LogP contribution in [0.2, 0.25) is 0 Å². The van der Waals surface area contributed by atoms with Crippen molar-refractivity contribution in [1.82, 2.24) is 0 Å². The van der Waals surface area contributed by atoms with Gasteiger partial charge in [-0.3, -0.25) is 4.55 Å². The van der Waals surface area contributed by atoms with E-state index in [4.69, 9.17) is 9.66 Å². The van der Waals surface area contributed by atoms with Gasteiger partial charge in [-0.2, -0.15) is 8.42 Å². The number of unbranched alkanes of at least 4 members (excludes halogenated alkanes) is 1. The number of benzene rings is 1. The van der Waals surface area contributed by atoms with Crippen molar-refractivity contribution in [1.29, 1.82) is 0 Å². The van der Waals surface area contributed by atoms with Gasteiger partial charge in [0.2, 0.25) is 0 Å². The van der Waals surface area contributed by atoms with Gasteiger partial charge >= 0.3 is 35.5 Å². The van der Waals surface area contributed by atoms with Crippen LogP contribution >= 0.6 is 0 Å². The second-order valence-electron chi connectivity index (χ2n) is 3.68. The first-order valence-electron chi connectivity index (χ1n) is 5.38. The second kappa shape index (κ2) is 7.81. The number of rotatable bonds is 5. The van der Waals surface area contributed by atoms with E-state index in [1.165, 1.54) is 30.3 Å². The fraction of sp³-hybridized carbons (Fsp3) is 0.250. The molecule has 0 saturated heterocycles. The van der Waals surface area contributed by atoms with Gasteiger partial charge in [0.05, 0.1) is 5.57 Å². The van der Waals surface area contributed by atoms with E-state index in [0.29, 0.717) is 6.42 Å². The fourth-order valence-electron chi connectivity index (χ4n) is 1.52. The van der Waals surface area contributed by atoms with E-state index in [0.717, 1.165) is 6.42 Å². The van der Waals surface area contributed by atoms with Gasteiger partial charge < -0.3 is 5.11 Å². The molecule has 1 aromatic carbocycles. The van der Waals surface area contributed by atoms with Crippen LogP contribution < -0.4 is 0 Å². The molecular weight excluding hydrogens is 279 g/mol. The third kappa shape index (κ3) is 5.08. The van der Waals surface area contributed by atoms with Gasteiger partial charge in [-0.15, -0.1) is 0 Å². The molecule has 0 heterocycles. The van der Waals surface area contributed by atoms with Crippen molar-refractivity contribution in [3.05, 3.63) is 35.9 Å². The molecule has 0 aliphatic heterocycles. The Morgan fingerprint density at radius 3 is 2.37 bits per heavy atom. The van der Waals surface area contributed by atoms with E-state index in [9.17, 15) is 13.2 Å². The molecule has 0 bridgehead atoms. The molecule has 19 heavy (non-hydrogen) atoms. The van der Waals surface area contributed by atoms with Crippen LogP contribution in [-0.2, 0) is 14.9 Å². The van der Waals surface area contributed by atoms with Crippen molar-refractivity contribution in [3.63, 3.8) is 0 Å². The van der Waals surface area contributed by atoms with Crippen LogP contribution in [0.4, 0.5) is 0 Å². The van der Waals surface area contributed by atoms with Gasteiger partial charge in [0, 0.05) is 5.56 Å². The number of carboxylic acids is 1. The first kappa shape index (κ1) is 18.3. The van der Waals surface area contributed by atoms with Gasteiger partial charge in [0.25, 0.3) is 10.1 Å². The van der Waals surface area contributed by atoms with Crippen LogP contribution in [0, 0.1) is 0 Å². The Labute approximate surface area is 134 Å². The first-order chi connectivity index (χ1) is 8.38. The Kier molecular flexibility index (Phi) is 7.54. The summed E-state index contributed by atoms with van der Waals surface area (Å²) in [5, 5.41) is 9.10. The molecule has 0 atom stereocenters. The zero-order chi connectivity index (χ0) is 13.8. The number of carbonyl (C=O) groups is 1. The van der Waals surface area contributed by atoms with Crippen LogP contribution in [0.15, 0.2) is 35.2 Å². The van der Waals surface area contributed by atoms with E-state index in [-0.39, 0.29) is 40.7 Å². The number of aliphatic carboxylic acids is 1. The maximum absolute atomic E-state index is 11.2. The predicted molar refractivity (Wildman–Crippen MR) is 73.9 cm³/mol. The van der Waals surface area contributed by atoms with Crippen molar-refractivity contribution in [2.45, 2.75) is 24.7 Å². The molecule has 0 aliphatic carbocycles. The molecule has 0 saturated carbocycles. The summed E-state index contributed by atoms with van der Waals surface area (Å²) in [6.07, 6.45) is 2.71. The number of hydrogen-bond acceptors (Lipinski definition) is 3. The van der Waals surface area contributed by atoms with Crippen molar-refractivity contribution >= 4 is 51.2 Å². The van der Waals surface area contributed by atoms with Crippen molar-refractivity contribution in [2.75, 3.05) is 0 Å². The molecule has 0 spiro atoms. The molecule has 2 N–H and O–H groups in total.